The Morgan fingerprint density at radius 1 is 1.03 bits per heavy atom. The van der Waals surface area contributed by atoms with Gasteiger partial charge in [0.15, 0.2) is 0 Å². The number of fused-ring (bicyclic) bond motifs is 1. The van der Waals surface area contributed by atoms with E-state index in [2.05, 4.69) is 29.6 Å². The minimum absolute atomic E-state index is 0.287. The first-order valence-electron chi connectivity index (χ1n) is 11.2. The van der Waals surface area contributed by atoms with Crippen molar-refractivity contribution in [3.63, 3.8) is 0 Å². The van der Waals surface area contributed by atoms with Gasteiger partial charge in [-0.05, 0) is 49.2 Å². The number of carbonyl (C=O) groups is 1. The lowest BCUT2D eigenvalue weighted by atomic mass is 10.0. The molecule has 4 rings (SSSR count). The van der Waals surface area contributed by atoms with Crippen LogP contribution in [0.25, 0.3) is 22.2 Å². The fourth-order valence-corrected chi connectivity index (χ4v) is 4.73. The highest BCUT2D eigenvalue weighted by atomic mass is 32.1. The van der Waals surface area contributed by atoms with E-state index in [1.807, 2.05) is 43.3 Å². The number of nitrogens with one attached hydrogen (secondary N) is 1. The van der Waals surface area contributed by atoms with Crippen molar-refractivity contribution in [3.8, 4) is 22.8 Å². The van der Waals surface area contributed by atoms with Crippen molar-refractivity contribution in [1.82, 2.24) is 10.4 Å². The summed E-state index contributed by atoms with van der Waals surface area (Å²) in [6, 6.07) is 19.1. The molecular weight excluding hydrogens is 446 g/mol. The van der Waals surface area contributed by atoms with E-state index in [0.717, 1.165) is 34.4 Å². The van der Waals surface area contributed by atoms with Gasteiger partial charge in [-0.25, -0.2) is 10.4 Å². The van der Waals surface area contributed by atoms with Crippen LogP contribution < -0.4 is 14.9 Å². The largest absolute Gasteiger partial charge is 0.497 e. The molecule has 0 aliphatic rings. The second-order valence-electron chi connectivity index (χ2n) is 7.61. The highest BCUT2D eigenvalue weighted by Gasteiger charge is 2.17. The molecule has 2 aromatic carbocycles. The van der Waals surface area contributed by atoms with Gasteiger partial charge in [-0.15, -0.1) is 11.3 Å². The third kappa shape index (κ3) is 4.79. The molecule has 2 heterocycles. The Balaban J connectivity index is 1.74. The number of ether oxygens (including phenoxy) is 2. The lowest BCUT2D eigenvalue weighted by molar-refractivity contribution is 0.0956. The van der Waals surface area contributed by atoms with Crippen LogP contribution in [-0.4, -0.2) is 30.8 Å². The quantitative estimate of drug-likeness (QED) is 0.248. The molecule has 2 aromatic heterocycles. The van der Waals surface area contributed by atoms with Gasteiger partial charge in [-0.1, -0.05) is 32.0 Å². The van der Waals surface area contributed by atoms with Crippen molar-refractivity contribution in [3.05, 3.63) is 76.0 Å². The van der Waals surface area contributed by atoms with E-state index >= 15 is 0 Å². The Kier molecular flexibility index (Phi) is 7.23. The van der Waals surface area contributed by atoms with Gasteiger partial charge in [0, 0.05) is 21.9 Å². The monoisotopic (exact) mass is 473 g/mol. The summed E-state index contributed by atoms with van der Waals surface area (Å²) in [7, 11) is 3.21. The minimum Gasteiger partial charge on any atom is -0.497 e. The molecule has 4 aromatic rings. The van der Waals surface area contributed by atoms with E-state index in [-0.39, 0.29) is 5.91 Å². The number of thiophene rings is 1. The number of pyridine rings is 1. The molecule has 0 fully saturated rings. The van der Waals surface area contributed by atoms with Crippen molar-refractivity contribution in [1.29, 1.82) is 0 Å². The summed E-state index contributed by atoms with van der Waals surface area (Å²) in [6.07, 6.45) is 1.70. The van der Waals surface area contributed by atoms with E-state index in [9.17, 15) is 4.79 Å². The van der Waals surface area contributed by atoms with Crippen LogP contribution in [0.1, 0.15) is 40.4 Å². The van der Waals surface area contributed by atoms with Crippen LogP contribution in [0, 0.1) is 0 Å². The molecule has 0 aliphatic heterocycles. The summed E-state index contributed by atoms with van der Waals surface area (Å²) in [6.45, 7) is 4.16. The zero-order valence-electron chi connectivity index (χ0n) is 19.7. The Labute approximate surface area is 203 Å². The molecule has 0 saturated heterocycles. The maximum atomic E-state index is 13.3. The average molecular weight is 474 g/mol. The first-order valence-corrected chi connectivity index (χ1v) is 12.0. The third-order valence-electron chi connectivity index (χ3n) is 5.57. The number of methoxy groups -OCH3 is 2. The summed E-state index contributed by atoms with van der Waals surface area (Å²) >= 11 is 1.71. The predicted molar refractivity (Wildman–Crippen MR) is 138 cm³/mol. The molecule has 0 radical (unpaired) electrons. The molecule has 0 saturated carbocycles. The van der Waals surface area contributed by atoms with Gasteiger partial charge in [0.25, 0.3) is 5.91 Å². The van der Waals surface area contributed by atoms with Crippen LogP contribution in [0.4, 0.5) is 0 Å². The smallest absolute Gasteiger partial charge is 0.272 e. The van der Waals surface area contributed by atoms with E-state index in [1.54, 1.807) is 37.7 Å². The third-order valence-corrected chi connectivity index (χ3v) is 6.85. The maximum Gasteiger partial charge on any atom is 0.272 e. The van der Waals surface area contributed by atoms with Crippen molar-refractivity contribution < 1.29 is 14.3 Å². The zero-order valence-corrected chi connectivity index (χ0v) is 20.5. The summed E-state index contributed by atoms with van der Waals surface area (Å²) in [5.41, 5.74) is 6.24. The summed E-state index contributed by atoms with van der Waals surface area (Å²) in [5, 5.41) is 5.23. The SMILES string of the molecule is CCC(=NNC(=O)c1cc(-c2ccc(OC)cc2OC)nc2ccccc12)c1ccc(CC)s1. The first kappa shape index (κ1) is 23.4. The van der Waals surface area contributed by atoms with E-state index < -0.39 is 0 Å². The topological polar surface area (TPSA) is 72.8 Å². The van der Waals surface area contributed by atoms with E-state index in [4.69, 9.17) is 14.5 Å². The Morgan fingerprint density at radius 2 is 1.85 bits per heavy atom. The van der Waals surface area contributed by atoms with Crippen molar-refractivity contribution in [2.24, 2.45) is 5.10 Å². The zero-order chi connectivity index (χ0) is 24.1. The molecule has 0 spiro atoms. The Hall–Kier alpha value is -3.71. The minimum atomic E-state index is -0.287. The Morgan fingerprint density at radius 3 is 2.56 bits per heavy atom. The summed E-state index contributed by atoms with van der Waals surface area (Å²) in [4.78, 5) is 20.5. The van der Waals surface area contributed by atoms with Crippen LogP contribution >= 0.6 is 11.3 Å². The van der Waals surface area contributed by atoms with Crippen LogP contribution in [-0.2, 0) is 6.42 Å². The molecule has 0 aliphatic carbocycles. The molecule has 174 valence electrons. The van der Waals surface area contributed by atoms with Gasteiger partial charge in [0.05, 0.1) is 41.6 Å². The van der Waals surface area contributed by atoms with Gasteiger partial charge in [0.2, 0.25) is 0 Å². The highest BCUT2D eigenvalue weighted by molar-refractivity contribution is 7.14. The fraction of sp³-hybridized carbons (Fsp3) is 0.222. The molecule has 1 N–H and O–H groups in total. The predicted octanol–water partition coefficient (Wildman–Crippen LogP) is 6.09. The van der Waals surface area contributed by atoms with Crippen molar-refractivity contribution >= 4 is 33.9 Å². The normalized spacial score (nSPS) is 11.5. The fourth-order valence-electron chi connectivity index (χ4n) is 3.72. The number of carbonyl (C=O) groups excluding carboxylic acids is 1. The van der Waals surface area contributed by atoms with Crippen molar-refractivity contribution in [2.45, 2.75) is 26.7 Å². The number of nitrogens with zero attached hydrogens (tertiary/aromatic N) is 2. The van der Waals surface area contributed by atoms with Gasteiger partial charge in [-0.3, -0.25) is 4.79 Å². The van der Waals surface area contributed by atoms with Crippen molar-refractivity contribution in [2.75, 3.05) is 14.2 Å². The summed E-state index contributed by atoms with van der Waals surface area (Å²) < 4.78 is 10.9. The number of hydrogen-bond acceptors (Lipinski definition) is 6. The molecule has 1 amide bonds. The van der Waals surface area contributed by atoms with Crippen LogP contribution in [0.2, 0.25) is 0 Å². The molecule has 7 heteroatoms. The van der Waals surface area contributed by atoms with E-state index in [0.29, 0.717) is 28.3 Å². The molecule has 34 heavy (non-hydrogen) atoms. The molecular formula is C27H27N3O3S. The van der Waals surface area contributed by atoms with Gasteiger partial charge in [0.1, 0.15) is 11.5 Å². The van der Waals surface area contributed by atoms with Gasteiger partial charge in [-0.2, -0.15) is 5.10 Å². The number of rotatable bonds is 8. The van der Waals surface area contributed by atoms with Crippen LogP contribution in [0.5, 0.6) is 11.5 Å². The standard InChI is InChI=1S/C27H27N3O3S/c1-5-18-12-14-26(34-18)22(6-2)29-30-27(31)21-16-24(28-23-10-8-7-9-19(21)23)20-13-11-17(32-3)15-25(20)33-4/h7-16H,5-6H2,1-4H3,(H,30,31). The second kappa shape index (κ2) is 10.5. The molecule has 6 nitrogen and oxygen atoms in total. The number of aryl methyl sites for hydroxylation is 1. The average Bonchev–Trinajstić information content (AvgIpc) is 3.37. The molecule has 0 bridgehead atoms. The summed E-state index contributed by atoms with van der Waals surface area (Å²) in [5.74, 6) is 1.01. The van der Waals surface area contributed by atoms with E-state index in [1.165, 1.54) is 4.88 Å². The first-order chi connectivity index (χ1) is 16.6. The van der Waals surface area contributed by atoms with Gasteiger partial charge < -0.3 is 9.47 Å². The number of benzene rings is 2. The lowest BCUT2D eigenvalue weighted by Gasteiger charge is -2.13. The highest BCUT2D eigenvalue weighted by Crippen LogP contribution is 2.34. The Bertz CT molecular complexity index is 1360. The molecule has 0 unspecified atom stereocenters. The number of aromatic nitrogens is 1. The number of hydrazone groups is 1. The van der Waals surface area contributed by atoms with Crippen LogP contribution in [0.15, 0.2) is 65.8 Å². The molecule has 0 atom stereocenters. The van der Waals surface area contributed by atoms with Crippen LogP contribution in [0.3, 0.4) is 0 Å². The number of hydrogen-bond donors (Lipinski definition) is 1. The maximum absolute atomic E-state index is 13.3. The lowest BCUT2D eigenvalue weighted by Crippen LogP contribution is -2.20. The van der Waals surface area contributed by atoms with Gasteiger partial charge >= 0.3 is 0 Å². The second-order valence-corrected chi connectivity index (χ2v) is 8.78. The number of amides is 1. The number of para-hydroxylation sites is 1.